The maximum atomic E-state index is 11.6. The molecule has 1 amide bonds. The summed E-state index contributed by atoms with van der Waals surface area (Å²) in [6, 6.07) is 3.62. The molecule has 0 saturated heterocycles. The van der Waals surface area contributed by atoms with Gasteiger partial charge >= 0.3 is 5.97 Å². The van der Waals surface area contributed by atoms with E-state index in [4.69, 9.17) is 14.6 Å². The summed E-state index contributed by atoms with van der Waals surface area (Å²) in [6.45, 7) is -0.351. The van der Waals surface area contributed by atoms with Crippen molar-refractivity contribution in [3.63, 3.8) is 0 Å². The van der Waals surface area contributed by atoms with Gasteiger partial charge in [-0.25, -0.2) is 4.98 Å². The van der Waals surface area contributed by atoms with Gasteiger partial charge in [0, 0.05) is 21.4 Å². The van der Waals surface area contributed by atoms with Gasteiger partial charge in [-0.15, -0.1) is 0 Å². The summed E-state index contributed by atoms with van der Waals surface area (Å²) in [7, 11) is 0. The van der Waals surface area contributed by atoms with Gasteiger partial charge in [0.15, 0.2) is 11.5 Å². The Kier molecular flexibility index (Phi) is 4.20. The van der Waals surface area contributed by atoms with Gasteiger partial charge < -0.3 is 25.2 Å². The zero-order valence-corrected chi connectivity index (χ0v) is 13.3. The molecule has 0 spiro atoms. The summed E-state index contributed by atoms with van der Waals surface area (Å²) >= 11 is 3.43. The molecule has 1 aromatic carbocycles. The standard InChI is InChI=1S/C14H12BrN3O5/c15-9-3-17-14(18-4-12(19)16-5-13(20)21)8-2-11-10(1-7(8)9)22-6-23-11/h1-3H,4-6H2,(H,16,19)(H,17,18)(H,20,21). The molecule has 1 aromatic heterocycles. The van der Waals surface area contributed by atoms with Crippen molar-refractivity contribution in [2.75, 3.05) is 25.2 Å². The van der Waals surface area contributed by atoms with E-state index in [2.05, 4.69) is 31.5 Å². The Morgan fingerprint density at radius 2 is 1.91 bits per heavy atom. The van der Waals surface area contributed by atoms with Gasteiger partial charge in [0.1, 0.15) is 12.4 Å². The first kappa shape index (κ1) is 15.3. The van der Waals surface area contributed by atoms with E-state index in [0.717, 1.165) is 15.2 Å². The van der Waals surface area contributed by atoms with Crippen molar-refractivity contribution < 1.29 is 24.2 Å². The molecule has 1 aliphatic rings. The van der Waals surface area contributed by atoms with Crippen LogP contribution in [0.2, 0.25) is 0 Å². The molecule has 0 fully saturated rings. The lowest BCUT2D eigenvalue weighted by Crippen LogP contribution is -2.34. The number of hydrogen-bond acceptors (Lipinski definition) is 6. The molecule has 120 valence electrons. The van der Waals surface area contributed by atoms with E-state index in [1.165, 1.54) is 0 Å². The number of carboxylic acids is 1. The highest BCUT2D eigenvalue weighted by atomic mass is 79.9. The van der Waals surface area contributed by atoms with Gasteiger partial charge in [-0.3, -0.25) is 9.59 Å². The molecule has 0 saturated carbocycles. The van der Waals surface area contributed by atoms with Gasteiger partial charge in [-0.1, -0.05) is 0 Å². The molecule has 2 heterocycles. The fourth-order valence-electron chi connectivity index (χ4n) is 2.14. The van der Waals surface area contributed by atoms with Gasteiger partial charge in [-0.2, -0.15) is 0 Å². The van der Waals surface area contributed by atoms with Crippen LogP contribution < -0.4 is 20.1 Å². The number of ether oxygens (including phenoxy) is 2. The molecule has 1 aliphatic heterocycles. The quantitative estimate of drug-likeness (QED) is 0.716. The van der Waals surface area contributed by atoms with Gasteiger partial charge in [0.05, 0.1) is 6.54 Å². The van der Waals surface area contributed by atoms with Crippen LogP contribution in [0, 0.1) is 0 Å². The van der Waals surface area contributed by atoms with Crippen molar-refractivity contribution in [3.8, 4) is 11.5 Å². The van der Waals surface area contributed by atoms with Crippen LogP contribution in [0.4, 0.5) is 5.82 Å². The molecule has 23 heavy (non-hydrogen) atoms. The number of amides is 1. The number of fused-ring (bicyclic) bond motifs is 2. The predicted octanol–water partition coefficient (Wildman–Crippen LogP) is 1.34. The first-order chi connectivity index (χ1) is 11.0. The number of nitrogens with zero attached hydrogens (tertiary/aromatic N) is 1. The van der Waals surface area contributed by atoms with E-state index < -0.39 is 18.4 Å². The molecule has 0 unspecified atom stereocenters. The van der Waals surface area contributed by atoms with E-state index in [0.29, 0.717) is 17.3 Å². The number of aliphatic carboxylic acids is 1. The van der Waals surface area contributed by atoms with Crippen molar-refractivity contribution in [2.45, 2.75) is 0 Å². The Labute approximate surface area is 138 Å². The van der Waals surface area contributed by atoms with Crippen LogP contribution >= 0.6 is 15.9 Å². The molecule has 0 radical (unpaired) electrons. The molecule has 2 aromatic rings. The van der Waals surface area contributed by atoms with Crippen LogP contribution in [-0.4, -0.2) is 41.8 Å². The lowest BCUT2D eigenvalue weighted by molar-refractivity contribution is -0.137. The molecule has 9 heteroatoms. The number of benzene rings is 1. The number of carbonyl (C=O) groups is 2. The molecule has 0 bridgehead atoms. The number of pyridine rings is 1. The lowest BCUT2D eigenvalue weighted by Gasteiger charge is -2.10. The number of aromatic nitrogens is 1. The van der Waals surface area contributed by atoms with Crippen LogP contribution in [0.15, 0.2) is 22.8 Å². The Hall–Kier alpha value is -2.55. The molecule has 3 N–H and O–H groups in total. The zero-order chi connectivity index (χ0) is 16.4. The maximum absolute atomic E-state index is 11.6. The summed E-state index contributed by atoms with van der Waals surface area (Å²) in [5.74, 6) is 0.210. The van der Waals surface area contributed by atoms with Crippen LogP contribution in [-0.2, 0) is 9.59 Å². The Balaban J connectivity index is 1.82. The van der Waals surface area contributed by atoms with Crippen molar-refractivity contribution in [2.24, 2.45) is 0 Å². The van der Waals surface area contributed by atoms with Crippen LogP contribution in [0.3, 0.4) is 0 Å². The minimum atomic E-state index is -1.10. The molecule has 0 atom stereocenters. The SMILES string of the molecule is O=C(O)CNC(=O)CNc1ncc(Br)c2cc3c(cc12)OCO3. The number of rotatable bonds is 5. The molecule has 3 rings (SSSR count). The summed E-state index contributed by atoms with van der Waals surface area (Å²) in [6.07, 6.45) is 1.61. The van der Waals surface area contributed by atoms with Crippen molar-refractivity contribution in [3.05, 3.63) is 22.8 Å². The number of carboxylic acid groups (broad SMARTS) is 1. The fourth-order valence-corrected chi connectivity index (χ4v) is 2.57. The average Bonchev–Trinajstić information content (AvgIpc) is 2.98. The highest BCUT2D eigenvalue weighted by Crippen LogP contribution is 2.40. The van der Waals surface area contributed by atoms with Crippen LogP contribution in [0.1, 0.15) is 0 Å². The second kappa shape index (κ2) is 6.29. The number of anilines is 1. The van der Waals surface area contributed by atoms with Crippen LogP contribution in [0.25, 0.3) is 10.8 Å². The van der Waals surface area contributed by atoms with Gasteiger partial charge in [0.25, 0.3) is 0 Å². The van der Waals surface area contributed by atoms with E-state index >= 15 is 0 Å². The normalized spacial score (nSPS) is 12.2. The molecular formula is C14H12BrN3O5. The van der Waals surface area contributed by atoms with E-state index in [-0.39, 0.29) is 13.3 Å². The monoisotopic (exact) mass is 381 g/mol. The topological polar surface area (TPSA) is 110 Å². The van der Waals surface area contributed by atoms with E-state index in [1.54, 1.807) is 12.3 Å². The predicted molar refractivity (Wildman–Crippen MR) is 84.7 cm³/mol. The maximum Gasteiger partial charge on any atom is 0.322 e. The third-order valence-corrected chi connectivity index (χ3v) is 3.82. The average molecular weight is 382 g/mol. The second-order valence-electron chi connectivity index (χ2n) is 4.73. The second-order valence-corrected chi connectivity index (χ2v) is 5.58. The summed E-state index contributed by atoms with van der Waals surface area (Å²) in [5.41, 5.74) is 0. The minimum absolute atomic E-state index is 0.0918. The summed E-state index contributed by atoms with van der Waals surface area (Å²) < 4.78 is 11.5. The van der Waals surface area contributed by atoms with Crippen molar-refractivity contribution in [1.82, 2.24) is 10.3 Å². The van der Waals surface area contributed by atoms with E-state index in [1.807, 2.05) is 6.07 Å². The highest BCUT2D eigenvalue weighted by molar-refractivity contribution is 9.10. The largest absolute Gasteiger partial charge is 0.480 e. The minimum Gasteiger partial charge on any atom is -0.480 e. The third kappa shape index (κ3) is 3.29. The van der Waals surface area contributed by atoms with Crippen molar-refractivity contribution in [1.29, 1.82) is 0 Å². The highest BCUT2D eigenvalue weighted by Gasteiger charge is 2.17. The zero-order valence-electron chi connectivity index (χ0n) is 11.8. The first-order valence-corrected chi connectivity index (χ1v) is 7.44. The fraction of sp³-hybridized carbons (Fsp3) is 0.214. The summed E-state index contributed by atoms with van der Waals surface area (Å²) in [4.78, 5) is 26.3. The van der Waals surface area contributed by atoms with Gasteiger partial charge in [0.2, 0.25) is 12.7 Å². The summed E-state index contributed by atoms with van der Waals surface area (Å²) in [5, 5.41) is 15.3. The lowest BCUT2D eigenvalue weighted by atomic mass is 10.1. The molecule has 8 nitrogen and oxygen atoms in total. The Morgan fingerprint density at radius 3 is 2.61 bits per heavy atom. The Morgan fingerprint density at radius 1 is 1.22 bits per heavy atom. The molecule has 0 aliphatic carbocycles. The van der Waals surface area contributed by atoms with Gasteiger partial charge in [-0.05, 0) is 28.1 Å². The van der Waals surface area contributed by atoms with Crippen LogP contribution in [0.5, 0.6) is 11.5 Å². The third-order valence-electron chi connectivity index (χ3n) is 3.19. The molecular weight excluding hydrogens is 370 g/mol. The Bertz CT molecular complexity index is 796. The number of halogens is 1. The number of carbonyl (C=O) groups excluding carboxylic acids is 1. The van der Waals surface area contributed by atoms with E-state index in [9.17, 15) is 9.59 Å². The first-order valence-electron chi connectivity index (χ1n) is 6.65. The van der Waals surface area contributed by atoms with Crippen molar-refractivity contribution >= 4 is 44.4 Å². The number of hydrogen-bond donors (Lipinski definition) is 3. The number of nitrogens with one attached hydrogen (secondary N) is 2. The smallest absolute Gasteiger partial charge is 0.322 e.